The second kappa shape index (κ2) is 8.36. The number of rotatable bonds is 9. The molecule has 0 saturated heterocycles. The highest BCUT2D eigenvalue weighted by Gasteiger charge is 2.13. The molecule has 0 aromatic heterocycles. The van der Waals surface area contributed by atoms with Crippen LogP contribution in [0.1, 0.15) is 25.8 Å². The van der Waals surface area contributed by atoms with Crippen LogP contribution in [0.3, 0.4) is 0 Å². The van der Waals surface area contributed by atoms with Crippen LogP contribution in [-0.4, -0.2) is 49.8 Å². The molecule has 0 heterocycles. The Balaban J connectivity index is 2.27. The van der Waals surface area contributed by atoms with Gasteiger partial charge in [0.1, 0.15) is 5.75 Å². The van der Waals surface area contributed by atoms with Gasteiger partial charge in [0.2, 0.25) is 10.0 Å². The van der Waals surface area contributed by atoms with Gasteiger partial charge < -0.3 is 10.4 Å². The molecule has 0 bridgehead atoms. The quantitative estimate of drug-likeness (QED) is 0.679. The Labute approximate surface area is 128 Å². The highest BCUT2D eigenvalue weighted by atomic mass is 32.2. The number of hydrogen-bond acceptors (Lipinski definition) is 4. The van der Waals surface area contributed by atoms with Crippen molar-refractivity contribution in [1.82, 2.24) is 9.62 Å². The van der Waals surface area contributed by atoms with E-state index in [1.54, 1.807) is 12.1 Å². The standard InChI is InChI=1S/C15H26N2O3S/c1-4-17(21(3,19)20)11-5-10-16-13(2)12-14-6-8-15(18)9-7-14/h6-9,13,16,18H,4-5,10-12H2,1-3H3. The highest BCUT2D eigenvalue weighted by Crippen LogP contribution is 2.11. The minimum Gasteiger partial charge on any atom is -0.508 e. The van der Waals surface area contributed by atoms with Crippen LogP contribution in [0.4, 0.5) is 0 Å². The first-order valence-electron chi connectivity index (χ1n) is 7.29. The summed E-state index contributed by atoms with van der Waals surface area (Å²) < 4.78 is 24.4. The molecule has 0 saturated carbocycles. The molecule has 0 aliphatic rings. The fourth-order valence-electron chi connectivity index (χ4n) is 2.22. The molecule has 0 aliphatic carbocycles. The maximum Gasteiger partial charge on any atom is 0.211 e. The molecule has 0 radical (unpaired) electrons. The van der Waals surface area contributed by atoms with Crippen molar-refractivity contribution < 1.29 is 13.5 Å². The van der Waals surface area contributed by atoms with Gasteiger partial charge in [0, 0.05) is 19.1 Å². The second-order valence-corrected chi connectivity index (χ2v) is 7.32. The first kappa shape index (κ1) is 17.9. The maximum absolute atomic E-state index is 11.4. The zero-order chi connectivity index (χ0) is 15.9. The van der Waals surface area contributed by atoms with Crippen LogP contribution in [0.5, 0.6) is 5.75 Å². The van der Waals surface area contributed by atoms with Crippen molar-refractivity contribution >= 4 is 10.0 Å². The van der Waals surface area contributed by atoms with Gasteiger partial charge in [0.15, 0.2) is 0 Å². The van der Waals surface area contributed by atoms with Crippen molar-refractivity contribution in [2.75, 3.05) is 25.9 Å². The fourth-order valence-corrected chi connectivity index (χ4v) is 3.15. The molecule has 0 fully saturated rings. The minimum absolute atomic E-state index is 0.278. The lowest BCUT2D eigenvalue weighted by Crippen LogP contribution is -2.34. The van der Waals surface area contributed by atoms with Crippen LogP contribution in [0, 0.1) is 0 Å². The van der Waals surface area contributed by atoms with Gasteiger partial charge in [-0.1, -0.05) is 19.1 Å². The van der Waals surface area contributed by atoms with Crippen molar-refractivity contribution in [2.24, 2.45) is 0 Å². The van der Waals surface area contributed by atoms with Crippen LogP contribution in [-0.2, 0) is 16.4 Å². The summed E-state index contributed by atoms with van der Waals surface area (Å²) >= 11 is 0. The van der Waals surface area contributed by atoms with Crippen molar-refractivity contribution in [3.05, 3.63) is 29.8 Å². The normalized spacial score (nSPS) is 13.5. The molecule has 1 aromatic rings. The van der Waals surface area contributed by atoms with Gasteiger partial charge in [0.25, 0.3) is 0 Å². The average molecular weight is 314 g/mol. The van der Waals surface area contributed by atoms with Gasteiger partial charge >= 0.3 is 0 Å². The molecule has 6 heteroatoms. The fraction of sp³-hybridized carbons (Fsp3) is 0.600. The number of benzene rings is 1. The number of nitrogens with zero attached hydrogens (tertiary/aromatic N) is 1. The lowest BCUT2D eigenvalue weighted by atomic mass is 10.1. The smallest absolute Gasteiger partial charge is 0.211 e. The third-order valence-electron chi connectivity index (χ3n) is 3.38. The van der Waals surface area contributed by atoms with Gasteiger partial charge in [-0.05, 0) is 44.0 Å². The summed E-state index contributed by atoms with van der Waals surface area (Å²) in [5.74, 6) is 0.278. The number of hydrogen-bond donors (Lipinski definition) is 2. The number of phenolic OH excluding ortho intramolecular Hbond substituents is 1. The third kappa shape index (κ3) is 6.93. The van der Waals surface area contributed by atoms with Crippen molar-refractivity contribution in [3.63, 3.8) is 0 Å². The Morgan fingerprint density at radius 1 is 1.29 bits per heavy atom. The van der Waals surface area contributed by atoms with E-state index >= 15 is 0 Å². The van der Waals surface area contributed by atoms with Crippen molar-refractivity contribution in [3.8, 4) is 5.75 Å². The maximum atomic E-state index is 11.4. The summed E-state index contributed by atoms with van der Waals surface area (Å²) in [5.41, 5.74) is 1.17. The molecule has 0 aliphatic heterocycles. The first-order chi connectivity index (χ1) is 9.82. The predicted molar refractivity (Wildman–Crippen MR) is 86.0 cm³/mol. The van der Waals surface area contributed by atoms with E-state index in [0.717, 1.165) is 19.4 Å². The third-order valence-corrected chi connectivity index (χ3v) is 4.76. The molecule has 21 heavy (non-hydrogen) atoms. The van der Waals surface area contributed by atoms with Gasteiger partial charge in [-0.25, -0.2) is 12.7 Å². The molecule has 1 unspecified atom stereocenters. The average Bonchev–Trinajstić information content (AvgIpc) is 2.40. The van der Waals surface area contributed by atoms with Crippen LogP contribution in [0.2, 0.25) is 0 Å². The number of nitrogens with one attached hydrogen (secondary N) is 1. The van der Waals surface area contributed by atoms with E-state index in [1.165, 1.54) is 16.1 Å². The molecule has 2 N–H and O–H groups in total. The molecule has 1 atom stereocenters. The lowest BCUT2D eigenvalue weighted by Gasteiger charge is -2.19. The van der Waals surface area contributed by atoms with E-state index in [-0.39, 0.29) is 5.75 Å². The van der Waals surface area contributed by atoms with E-state index in [1.807, 2.05) is 19.1 Å². The number of sulfonamides is 1. The molecular formula is C15H26N2O3S. The summed E-state index contributed by atoms with van der Waals surface area (Å²) in [5, 5.41) is 12.6. The van der Waals surface area contributed by atoms with E-state index in [4.69, 9.17) is 0 Å². The summed E-state index contributed by atoms with van der Waals surface area (Å²) in [6.07, 6.45) is 2.92. The van der Waals surface area contributed by atoms with Crippen LogP contribution in [0.15, 0.2) is 24.3 Å². The summed E-state index contributed by atoms with van der Waals surface area (Å²) in [4.78, 5) is 0. The monoisotopic (exact) mass is 314 g/mol. The number of aromatic hydroxyl groups is 1. The molecular weight excluding hydrogens is 288 g/mol. The van der Waals surface area contributed by atoms with Gasteiger partial charge in [-0.2, -0.15) is 0 Å². The zero-order valence-corrected chi connectivity index (χ0v) is 13.9. The first-order valence-corrected chi connectivity index (χ1v) is 9.14. The summed E-state index contributed by atoms with van der Waals surface area (Å²) in [6.45, 7) is 5.80. The summed E-state index contributed by atoms with van der Waals surface area (Å²) in [6, 6.07) is 7.51. The van der Waals surface area contributed by atoms with Gasteiger partial charge in [-0.15, -0.1) is 0 Å². The molecule has 0 amide bonds. The van der Waals surface area contributed by atoms with E-state index in [2.05, 4.69) is 12.2 Å². The lowest BCUT2D eigenvalue weighted by molar-refractivity contribution is 0.412. The molecule has 0 spiro atoms. The van der Waals surface area contributed by atoms with Gasteiger partial charge in [-0.3, -0.25) is 0 Å². The van der Waals surface area contributed by atoms with E-state index < -0.39 is 10.0 Å². The largest absolute Gasteiger partial charge is 0.508 e. The van der Waals surface area contributed by atoms with Crippen LogP contribution < -0.4 is 5.32 Å². The Kier molecular flexibility index (Phi) is 7.14. The van der Waals surface area contributed by atoms with E-state index in [0.29, 0.717) is 19.1 Å². The van der Waals surface area contributed by atoms with Crippen LogP contribution in [0.25, 0.3) is 0 Å². The number of phenols is 1. The van der Waals surface area contributed by atoms with Crippen molar-refractivity contribution in [1.29, 1.82) is 0 Å². The Morgan fingerprint density at radius 2 is 1.90 bits per heavy atom. The molecule has 5 nitrogen and oxygen atoms in total. The topological polar surface area (TPSA) is 69.6 Å². The highest BCUT2D eigenvalue weighted by molar-refractivity contribution is 7.88. The van der Waals surface area contributed by atoms with Crippen LogP contribution >= 0.6 is 0 Å². The van der Waals surface area contributed by atoms with Crippen molar-refractivity contribution in [2.45, 2.75) is 32.7 Å². The Morgan fingerprint density at radius 3 is 2.43 bits per heavy atom. The second-order valence-electron chi connectivity index (χ2n) is 5.33. The zero-order valence-electron chi connectivity index (χ0n) is 13.0. The Hall–Kier alpha value is -1.11. The molecule has 1 aromatic carbocycles. The molecule has 120 valence electrons. The van der Waals surface area contributed by atoms with E-state index in [9.17, 15) is 13.5 Å². The summed E-state index contributed by atoms with van der Waals surface area (Å²) in [7, 11) is -3.09. The van der Waals surface area contributed by atoms with Gasteiger partial charge in [0.05, 0.1) is 6.26 Å². The Bertz CT molecular complexity index is 514. The molecule has 1 rings (SSSR count). The SMILES string of the molecule is CCN(CCCNC(C)Cc1ccc(O)cc1)S(C)(=O)=O. The minimum atomic E-state index is -3.09. The predicted octanol–water partition coefficient (Wildman–Crippen LogP) is 1.58.